The Hall–Kier alpha value is -0.580. The SMILES string of the molecule is CCN(CCc1cccs1)C(=O)[C@@H](C)N.Cl. The van der Waals surface area contributed by atoms with E-state index in [0.29, 0.717) is 0 Å². The molecule has 1 amide bonds. The van der Waals surface area contributed by atoms with Crippen molar-refractivity contribution >= 4 is 29.7 Å². The number of hydrogen-bond acceptors (Lipinski definition) is 3. The van der Waals surface area contributed by atoms with Crippen LogP contribution in [0.4, 0.5) is 0 Å². The smallest absolute Gasteiger partial charge is 0.239 e. The first-order valence-electron chi connectivity index (χ1n) is 5.22. The standard InChI is InChI=1S/C11H18N2OS.ClH/c1-3-13(11(14)9(2)12)7-6-10-5-4-8-15-10;/h4-5,8-9H,3,6-7,12H2,1-2H3;1H/t9-;/m1./s1. The highest BCUT2D eigenvalue weighted by molar-refractivity contribution is 7.09. The molecule has 0 fully saturated rings. The van der Waals surface area contributed by atoms with E-state index in [-0.39, 0.29) is 18.3 Å². The molecule has 0 spiro atoms. The molecule has 1 aromatic heterocycles. The van der Waals surface area contributed by atoms with E-state index in [9.17, 15) is 4.79 Å². The summed E-state index contributed by atoms with van der Waals surface area (Å²) in [4.78, 5) is 14.8. The Morgan fingerprint density at radius 1 is 1.62 bits per heavy atom. The number of nitrogens with zero attached hydrogens (tertiary/aromatic N) is 1. The molecule has 0 aliphatic rings. The third kappa shape index (κ3) is 4.51. The minimum Gasteiger partial charge on any atom is -0.341 e. The third-order valence-electron chi connectivity index (χ3n) is 2.29. The van der Waals surface area contributed by atoms with Crippen LogP contribution in [0.3, 0.4) is 0 Å². The number of hydrogen-bond donors (Lipinski definition) is 1. The number of carbonyl (C=O) groups excluding carboxylic acids is 1. The van der Waals surface area contributed by atoms with E-state index in [1.165, 1.54) is 4.88 Å². The molecule has 2 N–H and O–H groups in total. The van der Waals surface area contributed by atoms with Gasteiger partial charge in [0, 0.05) is 18.0 Å². The Labute approximate surface area is 107 Å². The molecule has 92 valence electrons. The van der Waals surface area contributed by atoms with Gasteiger partial charge < -0.3 is 10.6 Å². The van der Waals surface area contributed by atoms with Crippen LogP contribution in [-0.2, 0) is 11.2 Å². The van der Waals surface area contributed by atoms with Gasteiger partial charge in [0.15, 0.2) is 0 Å². The van der Waals surface area contributed by atoms with E-state index in [4.69, 9.17) is 5.73 Å². The van der Waals surface area contributed by atoms with Gasteiger partial charge in [-0.3, -0.25) is 4.79 Å². The molecule has 0 aliphatic carbocycles. The molecule has 0 aliphatic heterocycles. The quantitative estimate of drug-likeness (QED) is 0.881. The van der Waals surface area contributed by atoms with Gasteiger partial charge in [-0.25, -0.2) is 0 Å². The molecule has 0 saturated heterocycles. The summed E-state index contributed by atoms with van der Waals surface area (Å²) in [7, 11) is 0. The van der Waals surface area contributed by atoms with E-state index in [0.717, 1.165) is 19.5 Å². The van der Waals surface area contributed by atoms with Gasteiger partial charge in [-0.05, 0) is 31.7 Å². The number of likely N-dealkylation sites (N-methyl/N-ethyl adjacent to an activating group) is 1. The van der Waals surface area contributed by atoms with Crippen LogP contribution in [0.2, 0.25) is 0 Å². The molecule has 5 heteroatoms. The lowest BCUT2D eigenvalue weighted by atomic mass is 10.2. The van der Waals surface area contributed by atoms with E-state index in [2.05, 4.69) is 11.4 Å². The fourth-order valence-electron chi connectivity index (χ4n) is 1.41. The minimum atomic E-state index is -0.395. The van der Waals surface area contributed by atoms with Crippen molar-refractivity contribution in [1.29, 1.82) is 0 Å². The van der Waals surface area contributed by atoms with Crippen molar-refractivity contribution in [2.75, 3.05) is 13.1 Å². The molecule has 16 heavy (non-hydrogen) atoms. The van der Waals surface area contributed by atoms with E-state index in [1.54, 1.807) is 18.3 Å². The number of nitrogens with two attached hydrogens (primary N) is 1. The topological polar surface area (TPSA) is 46.3 Å². The Bertz CT molecular complexity index is 301. The Kier molecular flexibility index (Phi) is 7.38. The third-order valence-corrected chi connectivity index (χ3v) is 3.23. The van der Waals surface area contributed by atoms with Crippen molar-refractivity contribution < 1.29 is 4.79 Å². The lowest BCUT2D eigenvalue weighted by Gasteiger charge is -2.22. The number of amides is 1. The molecule has 3 nitrogen and oxygen atoms in total. The van der Waals surface area contributed by atoms with Crippen LogP contribution < -0.4 is 5.73 Å². The van der Waals surface area contributed by atoms with Gasteiger partial charge in [0.1, 0.15) is 0 Å². The number of halogens is 1. The lowest BCUT2D eigenvalue weighted by Crippen LogP contribution is -2.42. The number of thiophene rings is 1. The van der Waals surface area contributed by atoms with Gasteiger partial charge in [-0.2, -0.15) is 0 Å². The van der Waals surface area contributed by atoms with E-state index >= 15 is 0 Å². The van der Waals surface area contributed by atoms with Crippen LogP contribution in [0.25, 0.3) is 0 Å². The van der Waals surface area contributed by atoms with E-state index in [1.807, 2.05) is 17.9 Å². The van der Waals surface area contributed by atoms with Crippen molar-refractivity contribution in [3.63, 3.8) is 0 Å². The molecular weight excluding hydrogens is 244 g/mol. The molecule has 0 aromatic carbocycles. The summed E-state index contributed by atoms with van der Waals surface area (Å²) in [5.74, 6) is 0.0362. The zero-order valence-corrected chi connectivity index (χ0v) is 11.3. The molecule has 0 unspecified atom stereocenters. The number of rotatable bonds is 5. The first kappa shape index (κ1) is 15.4. The van der Waals surface area contributed by atoms with Crippen molar-refractivity contribution in [3.05, 3.63) is 22.4 Å². The summed E-state index contributed by atoms with van der Waals surface area (Å²) >= 11 is 1.73. The molecule has 0 saturated carbocycles. The summed E-state index contributed by atoms with van der Waals surface area (Å²) < 4.78 is 0. The average Bonchev–Trinajstić information content (AvgIpc) is 2.71. The number of carbonyl (C=O) groups is 1. The summed E-state index contributed by atoms with van der Waals surface area (Å²) in [5.41, 5.74) is 5.57. The molecule has 0 radical (unpaired) electrons. The van der Waals surface area contributed by atoms with Crippen LogP contribution in [0.5, 0.6) is 0 Å². The highest BCUT2D eigenvalue weighted by Gasteiger charge is 2.15. The predicted molar refractivity (Wildman–Crippen MR) is 71.2 cm³/mol. The zero-order valence-electron chi connectivity index (χ0n) is 9.68. The maximum absolute atomic E-state index is 11.6. The summed E-state index contributed by atoms with van der Waals surface area (Å²) in [6.45, 7) is 5.20. The summed E-state index contributed by atoms with van der Waals surface area (Å²) in [6, 6.07) is 3.73. The van der Waals surface area contributed by atoms with Gasteiger partial charge >= 0.3 is 0 Å². The van der Waals surface area contributed by atoms with Gasteiger partial charge in [0.05, 0.1) is 6.04 Å². The van der Waals surface area contributed by atoms with Gasteiger partial charge in [0.25, 0.3) is 0 Å². The Morgan fingerprint density at radius 2 is 2.31 bits per heavy atom. The normalized spacial score (nSPS) is 11.7. The van der Waals surface area contributed by atoms with Crippen molar-refractivity contribution in [2.24, 2.45) is 5.73 Å². The fourth-order valence-corrected chi connectivity index (χ4v) is 2.11. The molecular formula is C11H19ClN2OS. The first-order valence-corrected chi connectivity index (χ1v) is 6.10. The maximum Gasteiger partial charge on any atom is 0.239 e. The molecule has 0 bridgehead atoms. The van der Waals surface area contributed by atoms with Crippen molar-refractivity contribution in [1.82, 2.24) is 4.90 Å². The zero-order chi connectivity index (χ0) is 11.3. The van der Waals surface area contributed by atoms with Gasteiger partial charge in [-0.1, -0.05) is 6.07 Å². The van der Waals surface area contributed by atoms with Gasteiger partial charge in [-0.15, -0.1) is 23.7 Å². The van der Waals surface area contributed by atoms with Crippen LogP contribution in [-0.4, -0.2) is 29.9 Å². The molecule has 1 rings (SSSR count). The van der Waals surface area contributed by atoms with Crippen molar-refractivity contribution in [3.8, 4) is 0 Å². The van der Waals surface area contributed by atoms with Crippen LogP contribution in [0.1, 0.15) is 18.7 Å². The second-order valence-corrected chi connectivity index (χ2v) is 4.57. The summed E-state index contributed by atoms with van der Waals surface area (Å²) in [5, 5.41) is 2.05. The summed E-state index contributed by atoms with van der Waals surface area (Å²) in [6.07, 6.45) is 0.921. The molecule has 1 atom stereocenters. The largest absolute Gasteiger partial charge is 0.341 e. The predicted octanol–water partition coefficient (Wildman–Crippen LogP) is 1.91. The van der Waals surface area contributed by atoms with Gasteiger partial charge in [0.2, 0.25) is 5.91 Å². The fraction of sp³-hybridized carbons (Fsp3) is 0.545. The molecule has 1 heterocycles. The highest BCUT2D eigenvalue weighted by Crippen LogP contribution is 2.10. The monoisotopic (exact) mass is 262 g/mol. The minimum absolute atomic E-state index is 0. The highest BCUT2D eigenvalue weighted by atomic mass is 35.5. The Balaban J connectivity index is 0.00000225. The van der Waals surface area contributed by atoms with Crippen molar-refractivity contribution in [2.45, 2.75) is 26.3 Å². The second-order valence-electron chi connectivity index (χ2n) is 3.54. The maximum atomic E-state index is 11.6. The van der Waals surface area contributed by atoms with Crippen LogP contribution in [0.15, 0.2) is 17.5 Å². The first-order chi connectivity index (χ1) is 7.15. The van der Waals surface area contributed by atoms with Crippen LogP contribution >= 0.6 is 23.7 Å². The van der Waals surface area contributed by atoms with Crippen LogP contribution in [0, 0.1) is 0 Å². The average molecular weight is 263 g/mol. The lowest BCUT2D eigenvalue weighted by molar-refractivity contribution is -0.131. The van der Waals surface area contributed by atoms with E-state index < -0.39 is 6.04 Å². The molecule has 1 aromatic rings. The Morgan fingerprint density at radius 3 is 2.75 bits per heavy atom. The second kappa shape index (κ2) is 7.65.